The van der Waals surface area contributed by atoms with Gasteiger partial charge in [-0.25, -0.2) is 4.79 Å². The highest BCUT2D eigenvalue weighted by atomic mass is 16.4. The fourth-order valence-electron chi connectivity index (χ4n) is 2.86. The zero-order valence-corrected chi connectivity index (χ0v) is 11.6. The van der Waals surface area contributed by atoms with Crippen LogP contribution in [0, 0.1) is 0 Å². The van der Waals surface area contributed by atoms with Gasteiger partial charge in [0, 0.05) is 18.7 Å². The largest absolute Gasteiger partial charge is 0.479 e. The summed E-state index contributed by atoms with van der Waals surface area (Å²) in [5, 5.41) is 9.50. The molecule has 0 aromatic heterocycles. The van der Waals surface area contributed by atoms with Crippen molar-refractivity contribution in [2.24, 2.45) is 5.73 Å². The lowest BCUT2D eigenvalue weighted by atomic mass is 9.92. The fraction of sp³-hybridized carbons (Fsp3) is 0.467. The van der Waals surface area contributed by atoms with Crippen molar-refractivity contribution in [2.45, 2.75) is 38.3 Å². The summed E-state index contributed by atoms with van der Waals surface area (Å²) in [6, 6.07) is 7.03. The molecule has 1 unspecified atom stereocenters. The van der Waals surface area contributed by atoms with Gasteiger partial charge in [0.05, 0.1) is 0 Å². The van der Waals surface area contributed by atoms with Crippen molar-refractivity contribution < 1.29 is 14.7 Å². The summed E-state index contributed by atoms with van der Waals surface area (Å²) in [5.41, 5.74) is 5.94. The number of carboxylic acids is 1. The monoisotopic (exact) mass is 276 g/mol. The number of hydrogen-bond acceptors (Lipinski definition) is 3. The minimum atomic E-state index is -1.05. The van der Waals surface area contributed by atoms with Crippen molar-refractivity contribution in [1.29, 1.82) is 0 Å². The molecule has 5 nitrogen and oxygen atoms in total. The van der Waals surface area contributed by atoms with Gasteiger partial charge >= 0.3 is 5.97 Å². The summed E-state index contributed by atoms with van der Waals surface area (Å²) in [6.45, 7) is 2.74. The fourth-order valence-corrected chi connectivity index (χ4v) is 2.86. The minimum absolute atomic E-state index is 0.213. The Bertz CT molecular complexity index is 512. The lowest BCUT2D eigenvalue weighted by Crippen LogP contribution is -2.52. The van der Waals surface area contributed by atoms with Crippen LogP contribution in [0.3, 0.4) is 0 Å². The van der Waals surface area contributed by atoms with Crippen LogP contribution in [-0.2, 0) is 11.3 Å². The number of aliphatic carboxylic acids is 1. The molecule has 1 aromatic rings. The predicted molar refractivity (Wildman–Crippen MR) is 75.3 cm³/mol. The molecule has 1 heterocycles. The lowest BCUT2D eigenvalue weighted by Gasteiger charge is -2.34. The predicted octanol–water partition coefficient (Wildman–Crippen LogP) is 1.61. The van der Waals surface area contributed by atoms with E-state index in [-0.39, 0.29) is 5.91 Å². The average molecular weight is 276 g/mol. The van der Waals surface area contributed by atoms with E-state index in [1.165, 1.54) is 4.90 Å². The Morgan fingerprint density at radius 3 is 2.50 bits per heavy atom. The van der Waals surface area contributed by atoms with E-state index in [0.717, 1.165) is 12.0 Å². The molecule has 5 heteroatoms. The molecule has 0 aliphatic carbocycles. The zero-order chi connectivity index (χ0) is 14.8. The van der Waals surface area contributed by atoms with Crippen molar-refractivity contribution in [3.05, 3.63) is 35.4 Å². The Morgan fingerprint density at radius 2 is 2.00 bits per heavy atom. The summed E-state index contributed by atoms with van der Waals surface area (Å²) < 4.78 is 0. The number of carbonyl (C=O) groups is 2. The van der Waals surface area contributed by atoms with E-state index in [0.29, 0.717) is 31.5 Å². The van der Waals surface area contributed by atoms with E-state index in [2.05, 4.69) is 0 Å². The molecule has 1 aliphatic heterocycles. The second-order valence-corrected chi connectivity index (χ2v) is 5.15. The normalized spacial score (nSPS) is 22.0. The van der Waals surface area contributed by atoms with Gasteiger partial charge < -0.3 is 15.7 Å². The first-order valence-electron chi connectivity index (χ1n) is 6.89. The van der Waals surface area contributed by atoms with Crippen LogP contribution in [0.1, 0.15) is 42.1 Å². The molecule has 1 aliphatic rings. The molecule has 1 fully saturated rings. The van der Waals surface area contributed by atoms with Crippen LogP contribution in [0.5, 0.6) is 0 Å². The number of rotatable bonds is 4. The molecule has 0 bridgehead atoms. The third-order valence-electron chi connectivity index (χ3n) is 4.15. The van der Waals surface area contributed by atoms with Crippen LogP contribution in [-0.4, -0.2) is 34.0 Å². The highest BCUT2D eigenvalue weighted by Crippen LogP contribution is 2.34. The van der Waals surface area contributed by atoms with E-state index < -0.39 is 11.5 Å². The second kappa shape index (κ2) is 5.63. The third-order valence-corrected chi connectivity index (χ3v) is 4.15. The molecule has 1 amide bonds. The van der Waals surface area contributed by atoms with Crippen LogP contribution in [0.15, 0.2) is 24.3 Å². The Hall–Kier alpha value is -1.88. The van der Waals surface area contributed by atoms with Crippen LogP contribution in [0.25, 0.3) is 0 Å². The Morgan fingerprint density at radius 1 is 1.35 bits per heavy atom. The number of hydrogen-bond donors (Lipinski definition) is 2. The third kappa shape index (κ3) is 2.29. The quantitative estimate of drug-likeness (QED) is 0.875. The first-order valence-corrected chi connectivity index (χ1v) is 6.89. The lowest BCUT2D eigenvalue weighted by molar-refractivity contribution is -0.148. The van der Waals surface area contributed by atoms with E-state index in [1.807, 2.05) is 6.92 Å². The second-order valence-electron chi connectivity index (χ2n) is 5.15. The van der Waals surface area contributed by atoms with E-state index in [4.69, 9.17) is 5.73 Å². The molecule has 20 heavy (non-hydrogen) atoms. The van der Waals surface area contributed by atoms with Crippen LogP contribution >= 0.6 is 0 Å². The van der Waals surface area contributed by atoms with Gasteiger partial charge in [0.25, 0.3) is 5.91 Å². The van der Waals surface area contributed by atoms with E-state index in [9.17, 15) is 14.7 Å². The summed E-state index contributed by atoms with van der Waals surface area (Å²) in [4.78, 5) is 25.7. The number of carbonyl (C=O) groups excluding carboxylic acids is 1. The molecule has 108 valence electrons. The van der Waals surface area contributed by atoms with E-state index in [1.54, 1.807) is 24.3 Å². The van der Waals surface area contributed by atoms with Crippen molar-refractivity contribution in [3.63, 3.8) is 0 Å². The van der Waals surface area contributed by atoms with Gasteiger partial charge in [-0.15, -0.1) is 0 Å². The van der Waals surface area contributed by atoms with Gasteiger partial charge in [0.1, 0.15) is 5.54 Å². The number of nitrogens with two attached hydrogens (primary N) is 1. The summed E-state index contributed by atoms with van der Waals surface area (Å²) in [7, 11) is 0. The maximum atomic E-state index is 12.6. The minimum Gasteiger partial charge on any atom is -0.479 e. The Balaban J connectivity index is 2.29. The summed E-state index contributed by atoms with van der Waals surface area (Å²) in [6.07, 6.45) is 1.67. The molecule has 2 rings (SSSR count). The first kappa shape index (κ1) is 14.5. The summed E-state index contributed by atoms with van der Waals surface area (Å²) >= 11 is 0. The molecule has 1 aromatic carbocycles. The van der Waals surface area contributed by atoms with Crippen LogP contribution in [0.2, 0.25) is 0 Å². The number of amides is 1. The highest BCUT2D eigenvalue weighted by molar-refractivity contribution is 5.98. The van der Waals surface area contributed by atoms with Crippen molar-refractivity contribution >= 4 is 11.9 Å². The van der Waals surface area contributed by atoms with Crippen molar-refractivity contribution in [1.82, 2.24) is 4.90 Å². The van der Waals surface area contributed by atoms with Crippen molar-refractivity contribution in [2.75, 3.05) is 6.54 Å². The first-order chi connectivity index (χ1) is 9.55. The molecular formula is C15H20N2O3. The number of likely N-dealkylation sites (tertiary alicyclic amines) is 1. The standard InChI is InChI=1S/C15H20N2O3/c1-2-15(14(19)20)8-3-9-17(15)13(18)12-6-4-11(10-16)5-7-12/h4-7H,2-3,8-10,16H2,1H3,(H,19,20). The average Bonchev–Trinajstić information content (AvgIpc) is 2.91. The van der Waals surface area contributed by atoms with Gasteiger partial charge in [0.2, 0.25) is 0 Å². The molecule has 0 radical (unpaired) electrons. The van der Waals surface area contributed by atoms with Gasteiger partial charge in [-0.1, -0.05) is 19.1 Å². The summed E-state index contributed by atoms with van der Waals surface area (Å²) in [5.74, 6) is -1.13. The van der Waals surface area contributed by atoms with Gasteiger partial charge in [0.15, 0.2) is 0 Å². The number of carboxylic acid groups (broad SMARTS) is 1. The molecule has 1 atom stereocenters. The SMILES string of the molecule is CCC1(C(=O)O)CCCN1C(=O)c1ccc(CN)cc1. The zero-order valence-electron chi connectivity index (χ0n) is 11.6. The highest BCUT2D eigenvalue weighted by Gasteiger charge is 2.48. The van der Waals surface area contributed by atoms with Crippen LogP contribution < -0.4 is 5.73 Å². The molecule has 1 saturated heterocycles. The molecular weight excluding hydrogens is 256 g/mol. The molecule has 3 N–H and O–H groups in total. The van der Waals surface area contributed by atoms with Gasteiger partial charge in [-0.2, -0.15) is 0 Å². The maximum absolute atomic E-state index is 12.6. The van der Waals surface area contributed by atoms with Gasteiger partial charge in [-0.3, -0.25) is 4.79 Å². The van der Waals surface area contributed by atoms with Crippen molar-refractivity contribution in [3.8, 4) is 0 Å². The molecule has 0 spiro atoms. The van der Waals surface area contributed by atoms with E-state index >= 15 is 0 Å². The number of benzene rings is 1. The number of nitrogens with zero attached hydrogens (tertiary/aromatic N) is 1. The topological polar surface area (TPSA) is 83.6 Å². The molecule has 0 saturated carbocycles. The Labute approximate surface area is 118 Å². The van der Waals surface area contributed by atoms with Gasteiger partial charge in [-0.05, 0) is 37.0 Å². The Kier molecular flexibility index (Phi) is 4.09. The smallest absolute Gasteiger partial charge is 0.329 e. The van der Waals surface area contributed by atoms with Crippen LogP contribution in [0.4, 0.5) is 0 Å². The maximum Gasteiger partial charge on any atom is 0.329 e.